The van der Waals surface area contributed by atoms with Crippen molar-refractivity contribution in [1.82, 2.24) is 0 Å². The number of carbonyl (C=O) groups is 2. The number of aliphatic imine (C=N–C) groups is 1. The lowest BCUT2D eigenvalue weighted by molar-refractivity contribution is -0.144. The van der Waals surface area contributed by atoms with Gasteiger partial charge < -0.3 is 9.47 Å². The van der Waals surface area contributed by atoms with Gasteiger partial charge in [0.05, 0.1) is 13.2 Å². The van der Waals surface area contributed by atoms with Gasteiger partial charge >= 0.3 is 11.9 Å². The van der Waals surface area contributed by atoms with Crippen LogP contribution in [0, 0.1) is 0 Å². The molecule has 0 aliphatic rings. The number of nitrogens with zero attached hydrogens (tertiary/aromatic N) is 1. The number of allylic oxidation sites excluding steroid dienone is 1. The van der Waals surface area contributed by atoms with Crippen LogP contribution in [0.15, 0.2) is 47.5 Å². The third kappa shape index (κ3) is 9.45. The lowest BCUT2D eigenvalue weighted by atomic mass is 10.1. The van der Waals surface area contributed by atoms with Crippen LogP contribution in [0.1, 0.15) is 45.1 Å². The molecule has 1 rings (SSSR count). The fourth-order valence-electron chi connectivity index (χ4n) is 2.11. The molecule has 1 aromatic carbocycles. The van der Waals surface area contributed by atoms with Crippen LogP contribution in [0.25, 0.3) is 0 Å². The molecule has 1 aromatic rings. The lowest BCUT2D eigenvalue weighted by Gasteiger charge is -2.09. The Labute approximate surface area is 149 Å². The maximum Gasteiger partial charge on any atom is 0.331 e. The van der Waals surface area contributed by atoms with Gasteiger partial charge in [-0.05, 0) is 38.7 Å². The highest BCUT2D eigenvalue weighted by molar-refractivity contribution is 5.84. The summed E-state index contributed by atoms with van der Waals surface area (Å²) in [5.41, 5.74) is 0.940. The zero-order valence-electron chi connectivity index (χ0n) is 15.0. The molecule has 0 N–H and O–H groups in total. The largest absolute Gasteiger partial charge is 0.466 e. The Hall–Kier alpha value is -2.43. The van der Waals surface area contributed by atoms with Crippen molar-refractivity contribution in [2.45, 2.75) is 45.6 Å². The summed E-state index contributed by atoms with van der Waals surface area (Å²) in [5.74, 6) is -0.501. The number of benzene rings is 1. The summed E-state index contributed by atoms with van der Waals surface area (Å²) in [4.78, 5) is 27.6. The van der Waals surface area contributed by atoms with E-state index < -0.39 is 6.04 Å². The van der Waals surface area contributed by atoms with Gasteiger partial charge in [-0.1, -0.05) is 42.5 Å². The molecule has 1 atom stereocenters. The Kier molecular flexibility index (Phi) is 10.7. The van der Waals surface area contributed by atoms with Crippen LogP contribution in [-0.4, -0.2) is 37.4 Å². The quantitative estimate of drug-likeness (QED) is 0.265. The summed E-state index contributed by atoms with van der Waals surface area (Å²) in [6.07, 6.45) is 7.94. The molecule has 0 spiro atoms. The summed E-state index contributed by atoms with van der Waals surface area (Å²) < 4.78 is 9.96. The topological polar surface area (TPSA) is 65.0 Å². The molecule has 0 aromatic heterocycles. The minimum atomic E-state index is -0.554. The van der Waals surface area contributed by atoms with Crippen LogP contribution in [0.5, 0.6) is 0 Å². The standard InChI is InChI=1S/C20H27NO4/c1-3-24-19(22)15-11-6-5-10-14-18(20(23)25-4-2)21-16-17-12-8-7-9-13-17/h5,7-10,12-13,16,18H,3-4,6,11,14-15H2,1-2H3/b10-5+,21-16?. The predicted octanol–water partition coefficient (Wildman–Crippen LogP) is 3.72. The lowest BCUT2D eigenvalue weighted by Crippen LogP contribution is -2.21. The third-order valence-corrected chi connectivity index (χ3v) is 3.34. The van der Waals surface area contributed by atoms with Crippen molar-refractivity contribution < 1.29 is 19.1 Å². The van der Waals surface area contributed by atoms with Crippen LogP contribution >= 0.6 is 0 Å². The Bertz CT molecular complexity index is 566. The Morgan fingerprint density at radius 1 is 1.08 bits per heavy atom. The molecule has 5 nitrogen and oxygen atoms in total. The molecule has 0 saturated carbocycles. The van der Waals surface area contributed by atoms with Gasteiger partial charge in [-0.2, -0.15) is 0 Å². The number of hydrogen-bond acceptors (Lipinski definition) is 5. The van der Waals surface area contributed by atoms with Gasteiger partial charge in [-0.15, -0.1) is 0 Å². The number of rotatable bonds is 11. The number of ether oxygens (including phenoxy) is 2. The minimum absolute atomic E-state index is 0.173. The number of unbranched alkanes of at least 4 members (excludes halogenated alkanes) is 1. The van der Waals surface area contributed by atoms with E-state index in [9.17, 15) is 9.59 Å². The van der Waals surface area contributed by atoms with E-state index in [2.05, 4.69) is 4.99 Å². The van der Waals surface area contributed by atoms with E-state index in [1.165, 1.54) is 0 Å². The SMILES string of the molecule is CCOC(=O)CCC/C=C/CC(N=Cc1ccccc1)C(=O)OCC. The minimum Gasteiger partial charge on any atom is -0.466 e. The van der Waals surface area contributed by atoms with E-state index in [-0.39, 0.29) is 11.9 Å². The van der Waals surface area contributed by atoms with Crippen LogP contribution in [0.2, 0.25) is 0 Å². The first-order chi connectivity index (χ1) is 12.2. The molecule has 0 radical (unpaired) electrons. The second-order valence-corrected chi connectivity index (χ2v) is 5.36. The van der Waals surface area contributed by atoms with Crippen LogP contribution in [0.3, 0.4) is 0 Å². The Morgan fingerprint density at radius 2 is 1.80 bits per heavy atom. The summed E-state index contributed by atoms with van der Waals surface area (Å²) in [6, 6.07) is 9.07. The van der Waals surface area contributed by atoms with E-state index in [0.29, 0.717) is 26.1 Å². The monoisotopic (exact) mass is 345 g/mol. The normalized spacial score (nSPS) is 12.4. The highest BCUT2D eigenvalue weighted by Crippen LogP contribution is 2.06. The van der Waals surface area contributed by atoms with E-state index in [1.807, 2.05) is 42.5 Å². The average Bonchev–Trinajstić information content (AvgIpc) is 2.61. The molecule has 0 aliphatic heterocycles. The van der Waals surface area contributed by atoms with Crippen LogP contribution in [0.4, 0.5) is 0 Å². The average molecular weight is 345 g/mol. The van der Waals surface area contributed by atoms with Crippen molar-refractivity contribution in [1.29, 1.82) is 0 Å². The van der Waals surface area contributed by atoms with E-state index in [0.717, 1.165) is 18.4 Å². The van der Waals surface area contributed by atoms with Crippen LogP contribution in [-0.2, 0) is 19.1 Å². The molecule has 0 aliphatic carbocycles. The van der Waals surface area contributed by atoms with Crippen molar-refractivity contribution in [2.75, 3.05) is 13.2 Å². The fourth-order valence-corrected chi connectivity index (χ4v) is 2.11. The number of esters is 2. The van der Waals surface area contributed by atoms with Crippen molar-refractivity contribution in [2.24, 2.45) is 4.99 Å². The van der Waals surface area contributed by atoms with Gasteiger partial charge in [0.1, 0.15) is 0 Å². The molecule has 0 heterocycles. The molecule has 5 heteroatoms. The van der Waals surface area contributed by atoms with E-state index >= 15 is 0 Å². The smallest absolute Gasteiger partial charge is 0.331 e. The van der Waals surface area contributed by atoms with E-state index in [4.69, 9.17) is 9.47 Å². The molecule has 1 unspecified atom stereocenters. The fraction of sp³-hybridized carbons (Fsp3) is 0.450. The highest BCUT2D eigenvalue weighted by Gasteiger charge is 2.16. The molecule has 0 amide bonds. The number of hydrogen-bond donors (Lipinski definition) is 0. The summed E-state index contributed by atoms with van der Waals surface area (Å²) >= 11 is 0. The van der Waals surface area contributed by atoms with Gasteiger partial charge in [-0.3, -0.25) is 9.79 Å². The maximum absolute atomic E-state index is 12.0. The first kappa shape index (κ1) is 20.6. The molecule has 0 bridgehead atoms. The molecule has 0 saturated heterocycles. The summed E-state index contributed by atoms with van der Waals surface area (Å²) in [6.45, 7) is 4.32. The zero-order chi connectivity index (χ0) is 18.3. The maximum atomic E-state index is 12.0. The van der Waals surface area contributed by atoms with Gasteiger partial charge in [0.15, 0.2) is 6.04 Å². The van der Waals surface area contributed by atoms with E-state index in [1.54, 1.807) is 20.1 Å². The first-order valence-electron chi connectivity index (χ1n) is 8.72. The van der Waals surface area contributed by atoms with Crippen molar-refractivity contribution in [3.63, 3.8) is 0 Å². The van der Waals surface area contributed by atoms with Crippen molar-refractivity contribution in [3.8, 4) is 0 Å². The van der Waals surface area contributed by atoms with Crippen molar-refractivity contribution >= 4 is 18.2 Å². The Morgan fingerprint density at radius 3 is 2.48 bits per heavy atom. The summed E-state index contributed by atoms with van der Waals surface area (Å²) in [5, 5.41) is 0. The number of carbonyl (C=O) groups excluding carboxylic acids is 2. The van der Waals surface area contributed by atoms with Gasteiger partial charge in [-0.25, -0.2) is 4.79 Å². The first-order valence-corrected chi connectivity index (χ1v) is 8.72. The molecular weight excluding hydrogens is 318 g/mol. The van der Waals surface area contributed by atoms with Gasteiger partial charge in [0.25, 0.3) is 0 Å². The molecule has 0 fully saturated rings. The molecular formula is C20H27NO4. The predicted molar refractivity (Wildman–Crippen MR) is 98.7 cm³/mol. The molecule has 136 valence electrons. The van der Waals surface area contributed by atoms with Crippen LogP contribution < -0.4 is 0 Å². The molecule has 25 heavy (non-hydrogen) atoms. The summed E-state index contributed by atoms with van der Waals surface area (Å²) in [7, 11) is 0. The third-order valence-electron chi connectivity index (χ3n) is 3.34. The van der Waals surface area contributed by atoms with Gasteiger partial charge in [0, 0.05) is 12.6 Å². The van der Waals surface area contributed by atoms with Crippen molar-refractivity contribution in [3.05, 3.63) is 48.0 Å². The Balaban J connectivity index is 2.48. The van der Waals surface area contributed by atoms with Gasteiger partial charge in [0.2, 0.25) is 0 Å². The highest BCUT2D eigenvalue weighted by atomic mass is 16.5. The zero-order valence-corrected chi connectivity index (χ0v) is 15.0. The second-order valence-electron chi connectivity index (χ2n) is 5.36. The second kappa shape index (κ2) is 12.9.